The molecule has 0 aliphatic heterocycles. The molecule has 23 heavy (non-hydrogen) atoms. The molecule has 120 valence electrons. The number of nitrogens with one attached hydrogen (secondary N) is 2. The molecule has 2 aromatic rings. The predicted molar refractivity (Wildman–Crippen MR) is 90.1 cm³/mol. The van der Waals surface area contributed by atoms with Crippen molar-refractivity contribution in [3.63, 3.8) is 0 Å². The summed E-state index contributed by atoms with van der Waals surface area (Å²) in [5.41, 5.74) is 0.522. The van der Waals surface area contributed by atoms with Crippen LogP contribution in [0.5, 0.6) is 5.75 Å². The van der Waals surface area contributed by atoms with Crippen molar-refractivity contribution in [1.82, 2.24) is 5.32 Å². The monoisotopic (exact) mass is 352 g/mol. The summed E-state index contributed by atoms with van der Waals surface area (Å²) in [5.74, 6) is -1.23. The predicted octanol–water partition coefficient (Wildman–Crippen LogP) is 3.46. The van der Waals surface area contributed by atoms with E-state index in [2.05, 4.69) is 10.6 Å². The number of carbonyl (C=O) groups excluding carboxylic acids is 2. The highest BCUT2D eigenvalue weighted by atomic mass is 35.5. The molecular weight excluding hydrogens is 339 g/mol. The lowest BCUT2D eigenvalue weighted by atomic mass is 10.1. The minimum Gasteiger partial charge on any atom is -0.507 e. The van der Waals surface area contributed by atoms with Crippen LogP contribution in [0, 0.1) is 0 Å². The number of hydrogen-bond donors (Lipinski definition) is 3. The number of aromatic hydroxyl groups is 1. The maximum atomic E-state index is 12.1. The van der Waals surface area contributed by atoms with E-state index in [-0.39, 0.29) is 11.3 Å². The Hall–Kier alpha value is -2.24. The van der Waals surface area contributed by atoms with Crippen molar-refractivity contribution in [2.24, 2.45) is 0 Å². The molecule has 5 nitrogen and oxygen atoms in total. The van der Waals surface area contributed by atoms with E-state index in [4.69, 9.17) is 23.2 Å². The largest absolute Gasteiger partial charge is 0.507 e. The Morgan fingerprint density at radius 3 is 2.48 bits per heavy atom. The van der Waals surface area contributed by atoms with Gasteiger partial charge >= 0.3 is 0 Å². The minimum atomic E-state index is -0.820. The Morgan fingerprint density at radius 2 is 1.78 bits per heavy atom. The molecule has 0 unspecified atom stereocenters. The number of phenolic OH excluding ortho intramolecular Hbond substituents is 1. The molecular formula is C16H14Cl2N2O3. The van der Waals surface area contributed by atoms with Crippen molar-refractivity contribution in [2.45, 2.75) is 13.0 Å². The number of anilines is 1. The number of phenols is 1. The van der Waals surface area contributed by atoms with Gasteiger partial charge in [0.05, 0.1) is 5.56 Å². The lowest BCUT2D eigenvalue weighted by Crippen LogP contribution is -2.41. The third kappa shape index (κ3) is 4.61. The second-order valence-electron chi connectivity index (χ2n) is 4.86. The highest BCUT2D eigenvalue weighted by Gasteiger charge is 2.19. The maximum Gasteiger partial charge on any atom is 0.255 e. The summed E-state index contributed by atoms with van der Waals surface area (Å²) in [4.78, 5) is 24.2. The third-order valence-electron chi connectivity index (χ3n) is 3.04. The molecule has 7 heteroatoms. The van der Waals surface area contributed by atoms with E-state index in [9.17, 15) is 14.7 Å². The fourth-order valence-corrected chi connectivity index (χ4v) is 2.21. The van der Waals surface area contributed by atoms with Gasteiger partial charge in [-0.15, -0.1) is 0 Å². The lowest BCUT2D eigenvalue weighted by molar-refractivity contribution is -0.117. The molecule has 0 heterocycles. The fraction of sp³-hybridized carbons (Fsp3) is 0.125. The van der Waals surface area contributed by atoms with E-state index in [0.717, 1.165) is 0 Å². The Balaban J connectivity index is 2.03. The maximum absolute atomic E-state index is 12.1. The average Bonchev–Trinajstić information content (AvgIpc) is 2.49. The van der Waals surface area contributed by atoms with Crippen molar-refractivity contribution in [1.29, 1.82) is 0 Å². The van der Waals surface area contributed by atoms with Crippen LogP contribution in [0.4, 0.5) is 5.69 Å². The highest BCUT2D eigenvalue weighted by Crippen LogP contribution is 2.21. The van der Waals surface area contributed by atoms with Crippen LogP contribution in [0.1, 0.15) is 17.3 Å². The second-order valence-corrected chi connectivity index (χ2v) is 5.73. The van der Waals surface area contributed by atoms with Gasteiger partial charge in [-0.25, -0.2) is 0 Å². The summed E-state index contributed by atoms with van der Waals surface area (Å²) in [7, 11) is 0. The first kappa shape index (κ1) is 17.1. The van der Waals surface area contributed by atoms with Gasteiger partial charge in [-0.2, -0.15) is 0 Å². The van der Waals surface area contributed by atoms with Gasteiger partial charge in [-0.3, -0.25) is 9.59 Å². The molecule has 0 bridgehead atoms. The zero-order chi connectivity index (χ0) is 17.0. The van der Waals surface area contributed by atoms with Gasteiger partial charge < -0.3 is 15.7 Å². The van der Waals surface area contributed by atoms with Crippen LogP contribution in [0.15, 0.2) is 42.5 Å². The molecule has 0 saturated carbocycles. The highest BCUT2D eigenvalue weighted by molar-refractivity contribution is 6.31. The number of carbonyl (C=O) groups is 2. The van der Waals surface area contributed by atoms with Crippen LogP contribution in [0.3, 0.4) is 0 Å². The van der Waals surface area contributed by atoms with Crippen LogP contribution in [0.25, 0.3) is 0 Å². The average molecular weight is 353 g/mol. The minimum absolute atomic E-state index is 0.0000874. The van der Waals surface area contributed by atoms with Gasteiger partial charge in [-0.1, -0.05) is 29.3 Å². The van der Waals surface area contributed by atoms with Crippen LogP contribution in [-0.2, 0) is 4.79 Å². The van der Waals surface area contributed by atoms with E-state index in [1.807, 2.05) is 0 Å². The topological polar surface area (TPSA) is 78.4 Å². The molecule has 2 amide bonds. The van der Waals surface area contributed by atoms with Crippen LogP contribution < -0.4 is 10.6 Å². The van der Waals surface area contributed by atoms with Crippen LogP contribution in [0.2, 0.25) is 10.0 Å². The summed E-state index contributed by atoms with van der Waals surface area (Å²) in [6.45, 7) is 1.53. The molecule has 0 aromatic heterocycles. The fourth-order valence-electron chi connectivity index (χ4n) is 1.85. The quantitative estimate of drug-likeness (QED) is 0.788. The number of rotatable bonds is 4. The smallest absolute Gasteiger partial charge is 0.255 e. The van der Waals surface area contributed by atoms with Crippen molar-refractivity contribution < 1.29 is 14.7 Å². The molecule has 2 aromatic carbocycles. The number of halogens is 2. The molecule has 1 atom stereocenters. The SMILES string of the molecule is C[C@@H](NC(=O)c1cc(Cl)ccc1O)C(=O)Nc1cccc(Cl)c1. The number of hydrogen-bond acceptors (Lipinski definition) is 3. The van der Waals surface area contributed by atoms with Gasteiger partial charge in [0.15, 0.2) is 0 Å². The zero-order valence-electron chi connectivity index (χ0n) is 12.1. The van der Waals surface area contributed by atoms with E-state index >= 15 is 0 Å². The molecule has 0 spiro atoms. The Bertz CT molecular complexity index is 750. The van der Waals surface area contributed by atoms with Crippen molar-refractivity contribution >= 4 is 40.7 Å². The standard InChI is InChI=1S/C16H14Cl2N2O3/c1-9(15(22)20-12-4-2-3-10(17)7-12)19-16(23)13-8-11(18)5-6-14(13)21/h2-9,21H,1H3,(H,19,23)(H,20,22)/t9-/m1/s1. The van der Waals surface area contributed by atoms with Gasteiger partial charge in [0.2, 0.25) is 5.91 Å². The summed E-state index contributed by atoms with van der Waals surface area (Å²) < 4.78 is 0. The Kier molecular flexibility index (Phi) is 5.47. The summed E-state index contributed by atoms with van der Waals surface area (Å²) in [6.07, 6.45) is 0. The number of amides is 2. The second kappa shape index (κ2) is 7.35. The van der Waals surface area contributed by atoms with E-state index in [1.54, 1.807) is 24.3 Å². The van der Waals surface area contributed by atoms with Gasteiger partial charge in [0.1, 0.15) is 11.8 Å². The summed E-state index contributed by atoms with van der Waals surface area (Å²) in [5, 5.41) is 15.6. The summed E-state index contributed by atoms with van der Waals surface area (Å²) in [6, 6.07) is 9.94. The molecule has 2 rings (SSSR count). The van der Waals surface area contributed by atoms with E-state index in [0.29, 0.717) is 15.7 Å². The first-order valence-corrected chi connectivity index (χ1v) is 7.48. The Morgan fingerprint density at radius 1 is 1.09 bits per heavy atom. The van der Waals surface area contributed by atoms with Gasteiger partial charge in [0.25, 0.3) is 5.91 Å². The zero-order valence-corrected chi connectivity index (χ0v) is 13.7. The molecule has 0 radical (unpaired) electrons. The van der Waals surface area contributed by atoms with Crippen molar-refractivity contribution in [3.8, 4) is 5.75 Å². The summed E-state index contributed by atoms with van der Waals surface area (Å²) >= 11 is 11.6. The van der Waals surface area contributed by atoms with E-state index < -0.39 is 17.9 Å². The van der Waals surface area contributed by atoms with Gasteiger partial charge in [0, 0.05) is 15.7 Å². The normalized spacial score (nSPS) is 11.6. The first-order valence-electron chi connectivity index (χ1n) is 6.72. The van der Waals surface area contributed by atoms with Crippen molar-refractivity contribution in [3.05, 3.63) is 58.1 Å². The third-order valence-corrected chi connectivity index (χ3v) is 3.51. The lowest BCUT2D eigenvalue weighted by Gasteiger charge is -2.15. The van der Waals surface area contributed by atoms with Crippen molar-refractivity contribution in [2.75, 3.05) is 5.32 Å². The first-order chi connectivity index (χ1) is 10.9. The van der Waals surface area contributed by atoms with Crippen LogP contribution in [-0.4, -0.2) is 23.0 Å². The molecule has 0 aliphatic carbocycles. The Labute approximate surface area is 143 Å². The molecule has 0 saturated heterocycles. The molecule has 3 N–H and O–H groups in total. The number of benzene rings is 2. The van der Waals surface area contributed by atoms with Gasteiger partial charge in [-0.05, 0) is 43.3 Å². The molecule has 0 aliphatic rings. The van der Waals surface area contributed by atoms with Crippen LogP contribution >= 0.6 is 23.2 Å². The molecule has 0 fully saturated rings. The van der Waals surface area contributed by atoms with E-state index in [1.165, 1.54) is 25.1 Å².